The van der Waals surface area contributed by atoms with Crippen LogP contribution in [0.3, 0.4) is 0 Å². The van der Waals surface area contributed by atoms with E-state index in [1.165, 1.54) is 21.6 Å². The Morgan fingerprint density at radius 2 is 2.12 bits per heavy atom. The zero-order valence-corrected chi connectivity index (χ0v) is 13.0. The molecule has 1 aliphatic heterocycles. The van der Waals surface area contributed by atoms with Crippen molar-refractivity contribution in [1.29, 1.82) is 0 Å². The van der Waals surface area contributed by atoms with E-state index >= 15 is 0 Å². The van der Waals surface area contributed by atoms with Gasteiger partial charge in [0.15, 0.2) is 5.60 Å². The van der Waals surface area contributed by atoms with Crippen molar-refractivity contribution in [2.75, 3.05) is 6.61 Å². The number of hydrogen-bond donors (Lipinski definition) is 0. The van der Waals surface area contributed by atoms with E-state index < -0.39 is 0 Å². The van der Waals surface area contributed by atoms with Gasteiger partial charge in [-0.2, -0.15) is 4.57 Å². The summed E-state index contributed by atoms with van der Waals surface area (Å²) in [4.78, 5) is 0. The number of thiazole rings is 1. The molecule has 0 radical (unpaired) electrons. The molecular weight excluding hydrogens is 345 g/mol. The number of hydrogen-bond acceptors (Lipinski definition) is 2. The van der Waals surface area contributed by atoms with Gasteiger partial charge in [0, 0.05) is 12.7 Å². The second-order valence-corrected chi connectivity index (χ2v) is 5.65. The highest BCUT2D eigenvalue weighted by molar-refractivity contribution is 7.18. The molecule has 1 aromatic heterocycles. The Kier molecular flexibility index (Phi) is 3.75. The van der Waals surface area contributed by atoms with Crippen molar-refractivity contribution in [3.8, 4) is 0 Å². The highest BCUT2D eigenvalue weighted by atomic mass is 127. The van der Waals surface area contributed by atoms with Crippen molar-refractivity contribution in [3.05, 3.63) is 29.3 Å². The molecule has 1 atom stereocenters. The number of para-hydroxylation sites is 1. The van der Waals surface area contributed by atoms with Gasteiger partial charge in [0.1, 0.15) is 11.7 Å². The predicted octanol–water partition coefficient (Wildman–Crippen LogP) is -0.245. The molecule has 3 rings (SSSR count). The molecule has 2 nitrogen and oxygen atoms in total. The van der Waals surface area contributed by atoms with E-state index in [2.05, 4.69) is 42.8 Å². The number of rotatable bonds is 1. The number of aryl methyl sites for hydroxylation is 1. The van der Waals surface area contributed by atoms with Gasteiger partial charge in [0.25, 0.3) is 5.01 Å². The van der Waals surface area contributed by atoms with Crippen molar-refractivity contribution >= 4 is 21.6 Å². The Morgan fingerprint density at radius 3 is 2.76 bits per heavy atom. The van der Waals surface area contributed by atoms with Crippen LogP contribution in [0.2, 0.25) is 0 Å². The van der Waals surface area contributed by atoms with E-state index in [0.717, 1.165) is 13.0 Å². The first-order valence-corrected chi connectivity index (χ1v) is 6.54. The summed E-state index contributed by atoms with van der Waals surface area (Å²) in [6.07, 6.45) is 2.30. The molecule has 0 bridgehead atoms. The minimum atomic E-state index is -0.0710. The predicted molar refractivity (Wildman–Crippen MR) is 65.5 cm³/mol. The van der Waals surface area contributed by atoms with Crippen molar-refractivity contribution in [2.24, 2.45) is 7.05 Å². The summed E-state index contributed by atoms with van der Waals surface area (Å²) in [5, 5.41) is 1.34. The lowest BCUT2D eigenvalue weighted by molar-refractivity contribution is -0.655. The molecule has 2 aromatic rings. The second-order valence-electron chi connectivity index (χ2n) is 4.62. The maximum absolute atomic E-state index is 5.93. The topological polar surface area (TPSA) is 13.1 Å². The molecule has 0 N–H and O–H groups in total. The summed E-state index contributed by atoms with van der Waals surface area (Å²) in [7, 11) is 2.14. The van der Waals surface area contributed by atoms with Gasteiger partial charge >= 0.3 is 0 Å². The molecule has 0 amide bonds. The molecule has 2 heterocycles. The van der Waals surface area contributed by atoms with Gasteiger partial charge in [-0.15, -0.1) is 0 Å². The van der Waals surface area contributed by atoms with Crippen LogP contribution in [0.15, 0.2) is 24.3 Å². The van der Waals surface area contributed by atoms with Crippen LogP contribution in [-0.2, 0) is 17.4 Å². The number of ether oxygens (including phenoxy) is 1. The maximum Gasteiger partial charge on any atom is 0.270 e. The quantitative estimate of drug-likeness (QED) is 0.505. The Morgan fingerprint density at radius 1 is 1.35 bits per heavy atom. The second kappa shape index (κ2) is 4.82. The fraction of sp³-hybridized carbons (Fsp3) is 0.462. The summed E-state index contributed by atoms with van der Waals surface area (Å²) in [6, 6.07) is 8.55. The van der Waals surface area contributed by atoms with Crippen LogP contribution in [-0.4, -0.2) is 6.61 Å². The Balaban J connectivity index is 0.00000108. The average molecular weight is 361 g/mol. The lowest BCUT2D eigenvalue weighted by Crippen LogP contribution is -3.00. The Hall–Kier alpha value is -0.200. The molecule has 1 aliphatic rings. The molecule has 1 fully saturated rings. The van der Waals surface area contributed by atoms with Crippen LogP contribution in [0.1, 0.15) is 24.8 Å². The average Bonchev–Trinajstić information content (AvgIpc) is 2.86. The third kappa shape index (κ3) is 2.11. The number of fused-ring (bicyclic) bond motifs is 1. The van der Waals surface area contributed by atoms with Crippen molar-refractivity contribution < 1.29 is 33.3 Å². The number of aromatic nitrogens is 1. The monoisotopic (exact) mass is 361 g/mol. The number of nitrogens with zero attached hydrogens (tertiary/aromatic N) is 1. The van der Waals surface area contributed by atoms with Crippen LogP contribution < -0.4 is 28.5 Å². The van der Waals surface area contributed by atoms with E-state index in [1.54, 1.807) is 0 Å². The van der Waals surface area contributed by atoms with Gasteiger partial charge < -0.3 is 28.7 Å². The number of halogens is 1. The van der Waals surface area contributed by atoms with Crippen LogP contribution in [0.5, 0.6) is 0 Å². The van der Waals surface area contributed by atoms with Gasteiger partial charge in [-0.1, -0.05) is 23.5 Å². The highest BCUT2D eigenvalue weighted by Gasteiger charge is 2.41. The van der Waals surface area contributed by atoms with Crippen LogP contribution >= 0.6 is 11.3 Å². The van der Waals surface area contributed by atoms with E-state index in [0.29, 0.717) is 0 Å². The molecule has 0 saturated carbocycles. The van der Waals surface area contributed by atoms with Crippen LogP contribution in [0.25, 0.3) is 10.2 Å². The normalized spacial score (nSPS) is 23.9. The number of benzene rings is 1. The highest BCUT2D eigenvalue weighted by Crippen LogP contribution is 2.38. The molecule has 1 aromatic carbocycles. The lowest BCUT2D eigenvalue weighted by atomic mass is 10.0. The van der Waals surface area contributed by atoms with Gasteiger partial charge in [-0.25, -0.2) is 0 Å². The molecule has 1 saturated heterocycles. The van der Waals surface area contributed by atoms with Crippen molar-refractivity contribution in [1.82, 2.24) is 0 Å². The molecule has 0 spiro atoms. The summed E-state index contributed by atoms with van der Waals surface area (Å²) in [5.74, 6) is 0. The van der Waals surface area contributed by atoms with E-state index in [-0.39, 0.29) is 29.6 Å². The van der Waals surface area contributed by atoms with Crippen molar-refractivity contribution in [2.45, 2.75) is 25.4 Å². The Labute approximate surface area is 123 Å². The van der Waals surface area contributed by atoms with Crippen LogP contribution in [0, 0.1) is 0 Å². The third-order valence-corrected chi connectivity index (χ3v) is 4.87. The lowest BCUT2D eigenvalue weighted by Gasteiger charge is -2.16. The molecule has 17 heavy (non-hydrogen) atoms. The van der Waals surface area contributed by atoms with Gasteiger partial charge in [-0.3, -0.25) is 0 Å². The summed E-state index contributed by atoms with van der Waals surface area (Å²) < 4.78 is 9.55. The zero-order chi connectivity index (χ0) is 11.2. The van der Waals surface area contributed by atoms with Gasteiger partial charge in [0.05, 0.1) is 0 Å². The van der Waals surface area contributed by atoms with E-state index in [9.17, 15) is 0 Å². The fourth-order valence-electron chi connectivity index (χ4n) is 2.51. The molecule has 92 valence electrons. The van der Waals surface area contributed by atoms with Gasteiger partial charge in [0.2, 0.25) is 5.52 Å². The van der Waals surface area contributed by atoms with Gasteiger partial charge in [-0.05, 0) is 25.8 Å². The molecule has 4 heteroatoms. The first-order valence-electron chi connectivity index (χ1n) is 5.73. The minimum absolute atomic E-state index is 0. The van der Waals surface area contributed by atoms with E-state index in [1.807, 2.05) is 11.3 Å². The van der Waals surface area contributed by atoms with E-state index in [4.69, 9.17) is 4.74 Å². The zero-order valence-electron chi connectivity index (χ0n) is 10.1. The SMILES string of the molecule is C[n+]1c(C2(C)CCCO2)sc2ccccc21.[I-]. The standard InChI is InChI=1S/C13H16NOS.HI/c1-13(8-5-9-15-13)12-14(2)10-6-3-4-7-11(10)16-12;/h3-4,6-7H,5,8-9H2,1-2H3;1H/q+1;/p-1. The molecular formula is C13H16INOS. The summed E-state index contributed by atoms with van der Waals surface area (Å²) in [6.45, 7) is 3.11. The molecule has 0 aliphatic carbocycles. The van der Waals surface area contributed by atoms with Crippen molar-refractivity contribution in [3.63, 3.8) is 0 Å². The largest absolute Gasteiger partial charge is 1.00 e. The first kappa shape index (κ1) is 13.2. The first-order chi connectivity index (χ1) is 7.71. The fourth-order valence-corrected chi connectivity index (χ4v) is 3.79. The maximum atomic E-state index is 5.93. The summed E-state index contributed by atoms with van der Waals surface area (Å²) in [5.41, 5.74) is 1.23. The molecule has 1 unspecified atom stereocenters. The Bertz CT molecular complexity index is 531. The smallest absolute Gasteiger partial charge is 0.270 e. The van der Waals surface area contributed by atoms with Crippen LogP contribution in [0.4, 0.5) is 0 Å². The summed E-state index contributed by atoms with van der Waals surface area (Å²) >= 11 is 1.86. The third-order valence-electron chi connectivity index (χ3n) is 3.41. The minimum Gasteiger partial charge on any atom is -1.00 e.